The Kier molecular flexibility index (Phi) is 6.14. The van der Waals surface area contributed by atoms with Crippen molar-refractivity contribution in [3.63, 3.8) is 0 Å². The Morgan fingerprint density at radius 3 is 2.54 bits per heavy atom. The van der Waals surface area contributed by atoms with Crippen molar-refractivity contribution in [1.82, 2.24) is 0 Å². The van der Waals surface area contributed by atoms with Crippen LogP contribution >= 0.6 is 0 Å². The summed E-state index contributed by atoms with van der Waals surface area (Å²) >= 11 is 0. The van der Waals surface area contributed by atoms with Gasteiger partial charge in [-0.3, -0.25) is 4.79 Å². The number of amides is 1. The predicted octanol–water partition coefficient (Wildman–Crippen LogP) is 3.28. The number of carbonyl (C=O) groups excluding carboxylic acids is 2. The molecule has 2 aromatic carbocycles. The van der Waals surface area contributed by atoms with Crippen molar-refractivity contribution < 1.29 is 19.1 Å². The van der Waals surface area contributed by atoms with E-state index >= 15 is 0 Å². The fourth-order valence-electron chi connectivity index (χ4n) is 1.94. The molecule has 0 saturated carbocycles. The van der Waals surface area contributed by atoms with Crippen LogP contribution in [-0.2, 0) is 14.3 Å². The Hall–Kier alpha value is -3.08. The summed E-state index contributed by atoms with van der Waals surface area (Å²) in [5, 5.41) is 2.68. The van der Waals surface area contributed by atoms with Gasteiger partial charge in [-0.1, -0.05) is 30.3 Å². The van der Waals surface area contributed by atoms with E-state index in [1.807, 2.05) is 36.4 Å². The van der Waals surface area contributed by atoms with Gasteiger partial charge >= 0.3 is 5.97 Å². The van der Waals surface area contributed by atoms with E-state index in [2.05, 4.69) is 5.32 Å². The Balaban J connectivity index is 1.88. The van der Waals surface area contributed by atoms with Gasteiger partial charge in [-0.15, -0.1) is 0 Å². The Morgan fingerprint density at radius 1 is 1.08 bits per heavy atom. The van der Waals surface area contributed by atoms with Gasteiger partial charge in [0.2, 0.25) is 0 Å². The number of hydrogen-bond acceptors (Lipinski definition) is 4. The Morgan fingerprint density at radius 2 is 1.83 bits per heavy atom. The quantitative estimate of drug-likeness (QED) is 0.654. The van der Waals surface area contributed by atoms with E-state index in [0.717, 1.165) is 5.56 Å². The number of anilines is 1. The molecule has 24 heavy (non-hydrogen) atoms. The maximum absolute atomic E-state index is 12.0. The average molecular weight is 325 g/mol. The second kappa shape index (κ2) is 8.53. The van der Waals surface area contributed by atoms with Crippen molar-refractivity contribution >= 4 is 23.6 Å². The van der Waals surface area contributed by atoms with E-state index in [0.29, 0.717) is 11.4 Å². The van der Waals surface area contributed by atoms with Crippen LogP contribution in [0.2, 0.25) is 0 Å². The lowest BCUT2D eigenvalue weighted by Crippen LogP contribution is -2.29. The second-order valence-corrected chi connectivity index (χ2v) is 5.04. The average Bonchev–Trinajstić information content (AvgIpc) is 2.61. The van der Waals surface area contributed by atoms with Crippen LogP contribution in [0.1, 0.15) is 12.5 Å². The lowest BCUT2D eigenvalue weighted by Gasteiger charge is -2.12. The molecule has 2 aromatic rings. The molecule has 0 aliphatic rings. The zero-order valence-corrected chi connectivity index (χ0v) is 13.6. The third kappa shape index (κ3) is 5.28. The van der Waals surface area contributed by atoms with Gasteiger partial charge in [0.05, 0.1) is 7.11 Å². The molecule has 0 spiro atoms. The van der Waals surface area contributed by atoms with Gasteiger partial charge in [0, 0.05) is 11.8 Å². The molecule has 2 rings (SSSR count). The number of nitrogens with one attached hydrogen (secondary N) is 1. The zero-order valence-electron chi connectivity index (χ0n) is 13.6. The summed E-state index contributed by atoms with van der Waals surface area (Å²) in [6.07, 6.45) is 1.99. The van der Waals surface area contributed by atoms with E-state index in [4.69, 9.17) is 9.47 Å². The molecule has 0 heterocycles. The second-order valence-electron chi connectivity index (χ2n) is 5.04. The van der Waals surface area contributed by atoms with Crippen molar-refractivity contribution in [2.24, 2.45) is 0 Å². The third-order valence-electron chi connectivity index (χ3n) is 3.21. The van der Waals surface area contributed by atoms with Crippen LogP contribution in [0.5, 0.6) is 5.75 Å². The lowest BCUT2D eigenvalue weighted by atomic mass is 10.2. The number of benzene rings is 2. The van der Waals surface area contributed by atoms with E-state index in [9.17, 15) is 9.59 Å². The highest BCUT2D eigenvalue weighted by molar-refractivity contribution is 5.96. The van der Waals surface area contributed by atoms with Gasteiger partial charge in [-0.25, -0.2) is 4.79 Å². The van der Waals surface area contributed by atoms with Crippen LogP contribution in [0, 0.1) is 0 Å². The smallest absolute Gasteiger partial charge is 0.331 e. The van der Waals surface area contributed by atoms with Crippen LogP contribution in [0.15, 0.2) is 60.7 Å². The molecule has 0 aliphatic heterocycles. The minimum absolute atomic E-state index is 0.385. The van der Waals surface area contributed by atoms with Crippen LogP contribution in [-0.4, -0.2) is 25.1 Å². The summed E-state index contributed by atoms with van der Waals surface area (Å²) in [6, 6.07) is 16.2. The molecule has 1 atom stereocenters. The molecule has 5 nitrogen and oxygen atoms in total. The molecule has 0 aromatic heterocycles. The number of esters is 1. The van der Waals surface area contributed by atoms with Gasteiger partial charge in [-0.2, -0.15) is 0 Å². The number of carbonyl (C=O) groups is 2. The van der Waals surface area contributed by atoms with Crippen LogP contribution < -0.4 is 10.1 Å². The van der Waals surface area contributed by atoms with Gasteiger partial charge in [0.15, 0.2) is 6.10 Å². The molecule has 1 N–H and O–H groups in total. The van der Waals surface area contributed by atoms with Crippen molar-refractivity contribution in [1.29, 1.82) is 0 Å². The molecular formula is C19H19NO4. The minimum Gasteiger partial charge on any atom is -0.497 e. The van der Waals surface area contributed by atoms with Crippen LogP contribution in [0.4, 0.5) is 5.69 Å². The standard InChI is InChI=1S/C19H19NO4/c1-14(19(22)20-16-8-4-3-5-9-16)24-18(21)12-11-15-7-6-10-17(13-15)23-2/h3-14H,1-2H3,(H,20,22)/b12-11+/t14-/m1/s1. The molecule has 0 fully saturated rings. The van der Waals surface area contributed by atoms with Crippen LogP contribution in [0.3, 0.4) is 0 Å². The number of methoxy groups -OCH3 is 1. The number of rotatable bonds is 6. The Bertz CT molecular complexity index is 725. The predicted molar refractivity (Wildman–Crippen MR) is 92.7 cm³/mol. The van der Waals surface area contributed by atoms with Gasteiger partial charge in [0.25, 0.3) is 5.91 Å². The molecule has 5 heteroatoms. The van der Waals surface area contributed by atoms with Gasteiger partial charge in [-0.05, 0) is 42.8 Å². The lowest BCUT2D eigenvalue weighted by molar-refractivity contribution is -0.148. The summed E-state index contributed by atoms with van der Waals surface area (Å²) in [5.74, 6) is -0.279. The summed E-state index contributed by atoms with van der Waals surface area (Å²) < 4.78 is 10.2. The van der Waals surface area contributed by atoms with Crippen molar-refractivity contribution in [2.45, 2.75) is 13.0 Å². The topological polar surface area (TPSA) is 64.6 Å². The molecule has 0 saturated heterocycles. The summed E-state index contributed by atoms with van der Waals surface area (Å²) in [7, 11) is 1.57. The fraction of sp³-hybridized carbons (Fsp3) is 0.158. The first-order chi connectivity index (χ1) is 11.6. The van der Waals surface area contributed by atoms with Gasteiger partial charge in [0.1, 0.15) is 5.75 Å². The minimum atomic E-state index is -0.896. The van der Waals surface area contributed by atoms with E-state index in [1.54, 1.807) is 31.4 Å². The first-order valence-electron chi connectivity index (χ1n) is 7.47. The highest BCUT2D eigenvalue weighted by Crippen LogP contribution is 2.14. The Labute approximate surface area is 140 Å². The van der Waals surface area contributed by atoms with E-state index in [1.165, 1.54) is 13.0 Å². The highest BCUT2D eigenvalue weighted by atomic mass is 16.5. The van der Waals surface area contributed by atoms with Crippen molar-refractivity contribution in [3.8, 4) is 5.75 Å². The van der Waals surface area contributed by atoms with E-state index < -0.39 is 12.1 Å². The molecular weight excluding hydrogens is 306 g/mol. The largest absolute Gasteiger partial charge is 0.497 e. The zero-order chi connectivity index (χ0) is 17.4. The van der Waals surface area contributed by atoms with Crippen LogP contribution in [0.25, 0.3) is 6.08 Å². The fourth-order valence-corrected chi connectivity index (χ4v) is 1.94. The first-order valence-corrected chi connectivity index (χ1v) is 7.47. The molecule has 124 valence electrons. The summed E-state index contributed by atoms with van der Waals surface area (Å²) in [5.41, 5.74) is 1.45. The number of para-hydroxylation sites is 1. The molecule has 0 bridgehead atoms. The number of ether oxygens (including phenoxy) is 2. The SMILES string of the molecule is COc1cccc(/C=C/C(=O)O[C@H](C)C(=O)Nc2ccccc2)c1. The molecule has 1 amide bonds. The monoisotopic (exact) mass is 325 g/mol. The van der Waals surface area contributed by atoms with Crippen molar-refractivity contribution in [3.05, 3.63) is 66.2 Å². The normalized spacial score (nSPS) is 11.8. The molecule has 0 aliphatic carbocycles. The van der Waals surface area contributed by atoms with E-state index in [-0.39, 0.29) is 5.91 Å². The maximum atomic E-state index is 12.0. The number of hydrogen-bond donors (Lipinski definition) is 1. The summed E-state index contributed by atoms with van der Waals surface area (Å²) in [6.45, 7) is 1.52. The van der Waals surface area contributed by atoms with Crippen molar-refractivity contribution in [2.75, 3.05) is 12.4 Å². The molecule has 0 radical (unpaired) electrons. The maximum Gasteiger partial charge on any atom is 0.331 e. The first kappa shape index (κ1) is 17.3. The van der Waals surface area contributed by atoms with Gasteiger partial charge < -0.3 is 14.8 Å². The highest BCUT2D eigenvalue weighted by Gasteiger charge is 2.16. The molecule has 0 unspecified atom stereocenters. The third-order valence-corrected chi connectivity index (χ3v) is 3.21. The summed E-state index contributed by atoms with van der Waals surface area (Å²) in [4.78, 5) is 23.8.